The van der Waals surface area contributed by atoms with Crippen molar-refractivity contribution in [2.45, 2.75) is 19.9 Å². The first-order valence-corrected chi connectivity index (χ1v) is 9.80. The molecule has 0 amide bonds. The van der Waals surface area contributed by atoms with Gasteiger partial charge in [-0.3, -0.25) is 4.55 Å². The van der Waals surface area contributed by atoms with E-state index in [0.29, 0.717) is 13.0 Å². The highest BCUT2D eigenvalue weighted by molar-refractivity contribution is 7.85. The maximum Gasteiger partial charge on any atom is 0.265 e. The van der Waals surface area contributed by atoms with Gasteiger partial charge in [0.15, 0.2) is 6.54 Å². The first kappa shape index (κ1) is 16.1. The number of nitrogens with zero attached hydrogens (tertiary/aromatic N) is 1. The second kappa shape index (κ2) is 6.39. The third-order valence-corrected chi connectivity index (χ3v) is 5.66. The summed E-state index contributed by atoms with van der Waals surface area (Å²) in [6, 6.07) is 16.5. The second-order valence-corrected chi connectivity index (χ2v) is 8.27. The van der Waals surface area contributed by atoms with Crippen LogP contribution in [0, 0.1) is 6.92 Å². The maximum absolute atomic E-state index is 10.9. The average molecular weight is 348 g/mol. The van der Waals surface area contributed by atoms with E-state index < -0.39 is 10.1 Å². The summed E-state index contributed by atoms with van der Waals surface area (Å²) in [5.41, 5.74) is 3.39. The van der Waals surface area contributed by atoms with Gasteiger partial charge in [-0.05, 0) is 17.2 Å². The molecular formula is C17H18NO3S2+. The van der Waals surface area contributed by atoms with Gasteiger partial charge in [-0.1, -0.05) is 47.7 Å². The SMILES string of the molecule is Cc1sc2ccc(-c3ccccc3)cc2[n+]1CCCS(=O)(=O)O. The van der Waals surface area contributed by atoms with Crippen LogP contribution < -0.4 is 4.57 Å². The van der Waals surface area contributed by atoms with E-state index in [2.05, 4.69) is 34.9 Å². The van der Waals surface area contributed by atoms with Crippen molar-refractivity contribution in [3.63, 3.8) is 0 Å². The molecular weight excluding hydrogens is 330 g/mol. The molecule has 0 aliphatic carbocycles. The third-order valence-electron chi connectivity index (χ3n) is 3.78. The summed E-state index contributed by atoms with van der Waals surface area (Å²) in [6.45, 7) is 2.60. The highest BCUT2D eigenvalue weighted by Crippen LogP contribution is 2.26. The molecule has 0 aliphatic rings. The minimum absolute atomic E-state index is 0.213. The highest BCUT2D eigenvalue weighted by atomic mass is 32.2. The van der Waals surface area contributed by atoms with Gasteiger partial charge in [0, 0.05) is 19.4 Å². The summed E-state index contributed by atoms with van der Waals surface area (Å²) in [5.74, 6) is -0.213. The van der Waals surface area contributed by atoms with Crippen LogP contribution in [0.3, 0.4) is 0 Å². The Morgan fingerprint density at radius 2 is 1.83 bits per heavy atom. The molecule has 23 heavy (non-hydrogen) atoms. The van der Waals surface area contributed by atoms with E-state index >= 15 is 0 Å². The summed E-state index contributed by atoms with van der Waals surface area (Å²) < 4.78 is 34.0. The van der Waals surface area contributed by atoms with Gasteiger partial charge in [-0.25, -0.2) is 0 Å². The van der Waals surface area contributed by atoms with Gasteiger partial charge in [0.1, 0.15) is 4.70 Å². The van der Waals surface area contributed by atoms with Crippen molar-refractivity contribution in [2.24, 2.45) is 0 Å². The number of fused-ring (bicyclic) bond motifs is 1. The predicted molar refractivity (Wildman–Crippen MR) is 93.2 cm³/mol. The van der Waals surface area contributed by atoms with E-state index in [1.165, 1.54) is 4.70 Å². The van der Waals surface area contributed by atoms with Gasteiger partial charge in [0.05, 0.1) is 5.75 Å². The van der Waals surface area contributed by atoms with Crippen molar-refractivity contribution in [3.05, 3.63) is 53.5 Å². The molecule has 3 aromatic rings. The summed E-state index contributed by atoms with van der Waals surface area (Å²) in [7, 11) is -3.90. The number of aromatic nitrogens is 1. The van der Waals surface area contributed by atoms with Gasteiger partial charge in [-0.2, -0.15) is 13.0 Å². The average Bonchev–Trinajstić information content (AvgIpc) is 2.82. The first-order valence-electron chi connectivity index (χ1n) is 7.37. The Morgan fingerprint density at radius 1 is 1.09 bits per heavy atom. The van der Waals surface area contributed by atoms with E-state index in [1.54, 1.807) is 11.3 Å². The topological polar surface area (TPSA) is 58.2 Å². The normalized spacial score (nSPS) is 11.9. The van der Waals surface area contributed by atoms with E-state index in [0.717, 1.165) is 21.7 Å². The van der Waals surface area contributed by atoms with Crippen LogP contribution in [-0.2, 0) is 16.7 Å². The fourth-order valence-electron chi connectivity index (χ4n) is 2.69. The molecule has 4 nitrogen and oxygen atoms in total. The molecule has 0 spiro atoms. The van der Waals surface area contributed by atoms with Crippen molar-refractivity contribution in [1.82, 2.24) is 0 Å². The Balaban J connectivity index is 1.96. The lowest BCUT2D eigenvalue weighted by atomic mass is 10.1. The molecule has 0 saturated heterocycles. The Morgan fingerprint density at radius 3 is 2.52 bits per heavy atom. The number of thiazole rings is 1. The predicted octanol–water partition coefficient (Wildman–Crippen LogP) is 3.44. The number of rotatable bonds is 5. The fourth-order valence-corrected chi connectivity index (χ4v) is 4.21. The van der Waals surface area contributed by atoms with Crippen LogP contribution >= 0.6 is 11.3 Å². The van der Waals surface area contributed by atoms with Gasteiger partial charge >= 0.3 is 0 Å². The molecule has 1 heterocycles. The molecule has 0 fully saturated rings. The van der Waals surface area contributed by atoms with Crippen LogP contribution in [-0.4, -0.2) is 18.7 Å². The molecule has 6 heteroatoms. The molecule has 0 saturated carbocycles. The largest absolute Gasteiger partial charge is 0.286 e. The zero-order valence-corrected chi connectivity index (χ0v) is 14.4. The van der Waals surface area contributed by atoms with E-state index in [-0.39, 0.29) is 5.75 Å². The quantitative estimate of drug-likeness (QED) is 0.567. The molecule has 0 atom stereocenters. The second-order valence-electron chi connectivity index (χ2n) is 5.46. The lowest BCUT2D eigenvalue weighted by Gasteiger charge is -2.01. The molecule has 0 bridgehead atoms. The van der Waals surface area contributed by atoms with E-state index in [1.807, 2.05) is 25.1 Å². The monoisotopic (exact) mass is 348 g/mol. The van der Waals surface area contributed by atoms with Crippen LogP contribution in [0.5, 0.6) is 0 Å². The molecule has 0 radical (unpaired) electrons. The van der Waals surface area contributed by atoms with Crippen molar-refractivity contribution in [2.75, 3.05) is 5.75 Å². The van der Waals surface area contributed by atoms with Crippen molar-refractivity contribution < 1.29 is 17.5 Å². The minimum Gasteiger partial charge on any atom is -0.286 e. The van der Waals surface area contributed by atoms with Gasteiger partial charge in [0.25, 0.3) is 10.1 Å². The van der Waals surface area contributed by atoms with Gasteiger partial charge in [-0.15, -0.1) is 0 Å². The van der Waals surface area contributed by atoms with Crippen LogP contribution in [0.15, 0.2) is 48.5 Å². The Hall–Kier alpha value is -1.76. The van der Waals surface area contributed by atoms with Crippen LogP contribution in [0.25, 0.3) is 21.3 Å². The van der Waals surface area contributed by atoms with E-state index in [4.69, 9.17) is 4.55 Å². The van der Waals surface area contributed by atoms with Gasteiger partial charge < -0.3 is 0 Å². The molecule has 0 aliphatic heterocycles. The van der Waals surface area contributed by atoms with Crippen molar-refractivity contribution >= 4 is 31.7 Å². The Labute approximate surface area is 139 Å². The van der Waals surface area contributed by atoms with E-state index in [9.17, 15) is 8.42 Å². The van der Waals surface area contributed by atoms with Crippen molar-refractivity contribution in [1.29, 1.82) is 0 Å². The lowest BCUT2D eigenvalue weighted by molar-refractivity contribution is -0.672. The zero-order chi connectivity index (χ0) is 16.4. The van der Waals surface area contributed by atoms with Crippen LogP contribution in [0.2, 0.25) is 0 Å². The standard InChI is InChI=1S/C17H17NO3S2/c1-13-18(10-5-11-23(19,20)21)16-12-15(8-9-17(16)22-13)14-6-3-2-4-7-14/h2-4,6-9,12H,5,10-11H2,1H3/p+1. The Bertz CT molecular complexity index is 931. The summed E-state index contributed by atoms with van der Waals surface area (Å²) in [4.78, 5) is 0. The number of hydrogen-bond donors (Lipinski definition) is 1. The first-order chi connectivity index (χ1) is 10.9. The summed E-state index contributed by atoms with van der Waals surface area (Å²) in [6.07, 6.45) is 0.395. The molecule has 1 N–H and O–H groups in total. The van der Waals surface area contributed by atoms with Crippen LogP contribution in [0.1, 0.15) is 11.4 Å². The fraction of sp³-hybridized carbons (Fsp3) is 0.235. The summed E-state index contributed by atoms with van der Waals surface area (Å²) >= 11 is 1.69. The number of hydrogen-bond acceptors (Lipinski definition) is 3. The molecule has 0 unspecified atom stereocenters. The highest BCUT2D eigenvalue weighted by Gasteiger charge is 2.18. The molecule has 1 aromatic heterocycles. The third kappa shape index (κ3) is 3.77. The maximum atomic E-state index is 10.9. The zero-order valence-electron chi connectivity index (χ0n) is 12.8. The molecule has 3 rings (SSSR count). The lowest BCUT2D eigenvalue weighted by Crippen LogP contribution is -2.35. The van der Waals surface area contributed by atoms with Crippen LogP contribution in [0.4, 0.5) is 0 Å². The smallest absolute Gasteiger partial charge is 0.265 e. The summed E-state index contributed by atoms with van der Waals surface area (Å²) in [5, 5.41) is 1.13. The number of aryl methyl sites for hydroxylation is 2. The molecule has 120 valence electrons. The number of benzene rings is 2. The van der Waals surface area contributed by atoms with Crippen molar-refractivity contribution in [3.8, 4) is 11.1 Å². The minimum atomic E-state index is -3.90. The molecule has 2 aromatic carbocycles. The van der Waals surface area contributed by atoms with Gasteiger partial charge in [0.2, 0.25) is 10.5 Å². The Kier molecular flexibility index (Phi) is 4.48.